The minimum atomic E-state index is -0.482. The Morgan fingerprint density at radius 1 is 0.893 bits per heavy atom. The highest BCUT2D eigenvalue weighted by Crippen LogP contribution is 2.10. The summed E-state index contributed by atoms with van der Waals surface area (Å²) in [6.07, 6.45) is 1.08. The summed E-state index contributed by atoms with van der Waals surface area (Å²) < 4.78 is 0. The van der Waals surface area contributed by atoms with Crippen molar-refractivity contribution in [3.05, 3.63) is 71.8 Å². The van der Waals surface area contributed by atoms with Crippen molar-refractivity contribution in [2.75, 3.05) is 26.2 Å². The van der Waals surface area contributed by atoms with E-state index in [2.05, 4.69) is 34.5 Å². The van der Waals surface area contributed by atoms with Gasteiger partial charge in [0.15, 0.2) is 0 Å². The van der Waals surface area contributed by atoms with Crippen molar-refractivity contribution >= 4 is 11.8 Å². The third-order valence-electron chi connectivity index (χ3n) is 5.16. The number of hydrogen-bond donors (Lipinski definition) is 1. The van der Waals surface area contributed by atoms with Crippen molar-refractivity contribution in [3.63, 3.8) is 0 Å². The van der Waals surface area contributed by atoms with E-state index in [0.29, 0.717) is 25.9 Å². The molecule has 1 N–H and O–H groups in total. The summed E-state index contributed by atoms with van der Waals surface area (Å²) in [4.78, 5) is 29.1. The fourth-order valence-corrected chi connectivity index (χ4v) is 3.52. The van der Waals surface area contributed by atoms with Crippen LogP contribution in [0.25, 0.3) is 0 Å². The number of carbonyl (C=O) groups is 2. The number of benzene rings is 2. The number of aryl methyl sites for hydroxylation is 1. The number of piperazine rings is 1. The molecular formula is C23H29N3O2. The van der Waals surface area contributed by atoms with E-state index < -0.39 is 6.04 Å². The van der Waals surface area contributed by atoms with Gasteiger partial charge >= 0.3 is 0 Å². The zero-order chi connectivity index (χ0) is 19.8. The number of nitrogens with zero attached hydrogens (tertiary/aromatic N) is 2. The standard InChI is InChI=1S/C23H29N3O2/c1-19(24-22(27)13-12-20-8-4-2-5-9-20)23(28)26-16-14-25(15-17-26)18-21-10-6-3-7-11-21/h2-11,19H,12-18H2,1H3,(H,24,27)/t19-/m1/s1. The number of nitrogens with one attached hydrogen (secondary N) is 1. The zero-order valence-corrected chi connectivity index (χ0v) is 16.5. The number of rotatable bonds is 7. The van der Waals surface area contributed by atoms with Crippen molar-refractivity contribution in [3.8, 4) is 0 Å². The molecule has 0 radical (unpaired) electrons. The van der Waals surface area contributed by atoms with E-state index in [4.69, 9.17) is 0 Å². The van der Waals surface area contributed by atoms with Crippen LogP contribution in [0.5, 0.6) is 0 Å². The molecule has 2 aromatic rings. The summed E-state index contributed by atoms with van der Waals surface area (Å²) in [7, 11) is 0. The third kappa shape index (κ3) is 5.92. The molecule has 28 heavy (non-hydrogen) atoms. The number of hydrogen-bond acceptors (Lipinski definition) is 3. The highest BCUT2D eigenvalue weighted by atomic mass is 16.2. The van der Waals surface area contributed by atoms with E-state index in [-0.39, 0.29) is 11.8 Å². The Morgan fingerprint density at radius 2 is 1.46 bits per heavy atom. The monoisotopic (exact) mass is 379 g/mol. The predicted molar refractivity (Wildman–Crippen MR) is 111 cm³/mol. The van der Waals surface area contributed by atoms with Crippen LogP contribution in [0.15, 0.2) is 60.7 Å². The molecule has 1 fully saturated rings. The molecule has 3 rings (SSSR count). The smallest absolute Gasteiger partial charge is 0.244 e. The molecule has 0 bridgehead atoms. The summed E-state index contributed by atoms with van der Waals surface area (Å²) in [5.74, 6) is -0.0696. The molecule has 1 aliphatic rings. The van der Waals surface area contributed by atoms with Crippen LogP contribution >= 0.6 is 0 Å². The van der Waals surface area contributed by atoms with Crippen molar-refractivity contribution in [2.24, 2.45) is 0 Å². The Balaban J connectivity index is 1.39. The second-order valence-electron chi connectivity index (χ2n) is 7.36. The Hall–Kier alpha value is -2.66. The molecule has 0 aliphatic carbocycles. The summed E-state index contributed by atoms with van der Waals surface area (Å²) in [6, 6.07) is 19.8. The molecule has 148 valence electrons. The van der Waals surface area contributed by atoms with E-state index in [1.165, 1.54) is 5.56 Å². The van der Waals surface area contributed by atoms with Gasteiger partial charge in [-0.25, -0.2) is 0 Å². The Morgan fingerprint density at radius 3 is 2.07 bits per heavy atom. The quantitative estimate of drug-likeness (QED) is 0.804. The van der Waals surface area contributed by atoms with Crippen molar-refractivity contribution < 1.29 is 9.59 Å². The number of amides is 2. The first-order chi connectivity index (χ1) is 13.6. The van der Waals surface area contributed by atoms with Crippen LogP contribution in [0.1, 0.15) is 24.5 Å². The van der Waals surface area contributed by atoms with E-state index in [1.54, 1.807) is 6.92 Å². The maximum absolute atomic E-state index is 12.7. The van der Waals surface area contributed by atoms with Crippen LogP contribution < -0.4 is 5.32 Å². The average molecular weight is 380 g/mol. The van der Waals surface area contributed by atoms with Gasteiger partial charge in [0.05, 0.1) is 0 Å². The average Bonchev–Trinajstić information content (AvgIpc) is 2.74. The van der Waals surface area contributed by atoms with Crippen LogP contribution in [-0.2, 0) is 22.6 Å². The van der Waals surface area contributed by atoms with Crippen molar-refractivity contribution in [1.82, 2.24) is 15.1 Å². The lowest BCUT2D eigenvalue weighted by Crippen LogP contribution is -2.53. The molecule has 1 atom stereocenters. The van der Waals surface area contributed by atoms with Gasteiger partial charge in [-0.05, 0) is 24.5 Å². The maximum atomic E-state index is 12.7. The van der Waals surface area contributed by atoms with Crippen molar-refractivity contribution in [1.29, 1.82) is 0 Å². The van der Waals surface area contributed by atoms with Crippen molar-refractivity contribution in [2.45, 2.75) is 32.4 Å². The fraction of sp³-hybridized carbons (Fsp3) is 0.391. The summed E-state index contributed by atoms with van der Waals surface area (Å²) in [5, 5.41) is 2.85. The highest BCUT2D eigenvalue weighted by molar-refractivity contribution is 5.87. The molecule has 5 heteroatoms. The second-order valence-corrected chi connectivity index (χ2v) is 7.36. The third-order valence-corrected chi connectivity index (χ3v) is 5.16. The van der Waals surface area contributed by atoms with Crippen LogP contribution in [-0.4, -0.2) is 53.8 Å². The molecule has 2 aromatic carbocycles. The minimum absolute atomic E-state index is 0.00687. The number of carbonyl (C=O) groups excluding carboxylic acids is 2. The van der Waals surface area contributed by atoms with Gasteiger partial charge in [-0.3, -0.25) is 14.5 Å². The Labute approximate surface area is 167 Å². The summed E-state index contributed by atoms with van der Waals surface area (Å²) in [5.41, 5.74) is 2.42. The molecular weight excluding hydrogens is 350 g/mol. The highest BCUT2D eigenvalue weighted by Gasteiger charge is 2.25. The summed E-state index contributed by atoms with van der Waals surface area (Å²) >= 11 is 0. The van der Waals surface area contributed by atoms with Crippen LogP contribution in [0.4, 0.5) is 0 Å². The summed E-state index contributed by atoms with van der Waals surface area (Å²) in [6.45, 7) is 5.81. The predicted octanol–water partition coefficient (Wildman–Crippen LogP) is 2.47. The van der Waals surface area contributed by atoms with Crippen LogP contribution in [0, 0.1) is 0 Å². The molecule has 0 unspecified atom stereocenters. The molecule has 2 amide bonds. The van der Waals surface area contributed by atoms with Gasteiger partial charge < -0.3 is 10.2 Å². The largest absolute Gasteiger partial charge is 0.345 e. The molecule has 1 saturated heterocycles. The molecule has 0 saturated carbocycles. The lowest BCUT2D eigenvalue weighted by atomic mass is 10.1. The fourth-order valence-electron chi connectivity index (χ4n) is 3.52. The van der Waals surface area contributed by atoms with Gasteiger partial charge in [-0.15, -0.1) is 0 Å². The van der Waals surface area contributed by atoms with Crippen LogP contribution in [0.2, 0.25) is 0 Å². The van der Waals surface area contributed by atoms with E-state index in [9.17, 15) is 9.59 Å². The molecule has 1 heterocycles. The van der Waals surface area contributed by atoms with Gasteiger partial charge in [-0.2, -0.15) is 0 Å². The molecule has 0 aromatic heterocycles. The first-order valence-corrected chi connectivity index (χ1v) is 10.00. The first-order valence-electron chi connectivity index (χ1n) is 10.00. The normalized spacial score (nSPS) is 15.8. The molecule has 0 spiro atoms. The maximum Gasteiger partial charge on any atom is 0.244 e. The zero-order valence-electron chi connectivity index (χ0n) is 16.5. The first kappa shape index (κ1) is 20.1. The topological polar surface area (TPSA) is 52.7 Å². The Bertz CT molecular complexity index is 756. The van der Waals surface area contributed by atoms with Gasteiger partial charge in [-0.1, -0.05) is 60.7 Å². The van der Waals surface area contributed by atoms with Gasteiger partial charge in [0.25, 0.3) is 0 Å². The Kier molecular flexibility index (Phi) is 7.20. The minimum Gasteiger partial charge on any atom is -0.345 e. The van der Waals surface area contributed by atoms with E-state index in [1.807, 2.05) is 41.3 Å². The lowest BCUT2D eigenvalue weighted by molar-refractivity contribution is -0.137. The van der Waals surface area contributed by atoms with Crippen LogP contribution in [0.3, 0.4) is 0 Å². The van der Waals surface area contributed by atoms with Gasteiger partial charge in [0.1, 0.15) is 6.04 Å². The van der Waals surface area contributed by atoms with E-state index >= 15 is 0 Å². The lowest BCUT2D eigenvalue weighted by Gasteiger charge is -2.36. The SMILES string of the molecule is C[C@@H](NC(=O)CCc1ccccc1)C(=O)N1CCN(Cc2ccccc2)CC1. The molecule has 1 aliphatic heterocycles. The molecule has 5 nitrogen and oxygen atoms in total. The van der Waals surface area contributed by atoms with Gasteiger partial charge in [0.2, 0.25) is 11.8 Å². The van der Waals surface area contributed by atoms with E-state index in [0.717, 1.165) is 25.2 Å². The second kappa shape index (κ2) is 10.0. The van der Waals surface area contributed by atoms with Gasteiger partial charge in [0, 0.05) is 39.1 Å².